The van der Waals surface area contributed by atoms with Gasteiger partial charge in [0.25, 0.3) is 0 Å². The third kappa shape index (κ3) is 4.34. The van der Waals surface area contributed by atoms with Crippen molar-refractivity contribution >= 4 is 18.1 Å². The zero-order chi connectivity index (χ0) is 13.5. The number of aromatic nitrogens is 2. The predicted octanol–water partition coefficient (Wildman–Crippen LogP) is -2.16. The van der Waals surface area contributed by atoms with Crippen LogP contribution >= 0.6 is 0 Å². The van der Waals surface area contributed by atoms with Crippen LogP contribution in [-0.4, -0.2) is 40.2 Å². The molecule has 98 valence electrons. The quantitative estimate of drug-likeness (QED) is 0.409. The fraction of sp³-hybridized carbons (Fsp3) is 0.400. The Hall–Kier alpha value is -2.22. The monoisotopic (exact) mass is 253 g/mol. The second-order valence-electron chi connectivity index (χ2n) is 3.81. The third-order valence-electron chi connectivity index (χ3n) is 2.24. The molecule has 0 aromatic carbocycles. The van der Waals surface area contributed by atoms with Gasteiger partial charge in [0.2, 0.25) is 11.8 Å². The summed E-state index contributed by atoms with van der Waals surface area (Å²) in [7, 11) is 0. The summed E-state index contributed by atoms with van der Waals surface area (Å²) in [5.74, 6) is -1.20. The number of imidazole rings is 1. The number of rotatable bonds is 7. The molecule has 0 spiro atoms. The highest BCUT2D eigenvalue weighted by Crippen LogP contribution is 1.97. The summed E-state index contributed by atoms with van der Waals surface area (Å²) in [4.78, 5) is 39.5. The summed E-state index contributed by atoms with van der Waals surface area (Å²) in [5, 5.41) is 2.34. The lowest BCUT2D eigenvalue weighted by molar-refractivity contribution is -0.126. The van der Waals surface area contributed by atoms with Crippen LogP contribution < -0.4 is 16.8 Å². The molecule has 0 saturated carbocycles. The Morgan fingerprint density at radius 1 is 1.56 bits per heavy atom. The van der Waals surface area contributed by atoms with E-state index in [1.54, 1.807) is 6.20 Å². The van der Waals surface area contributed by atoms with E-state index >= 15 is 0 Å². The Kier molecular flexibility index (Phi) is 5.00. The fourth-order valence-electron chi connectivity index (χ4n) is 1.37. The van der Waals surface area contributed by atoms with Crippen LogP contribution in [0.5, 0.6) is 0 Å². The molecule has 1 heterocycles. The number of primary amides is 1. The molecule has 2 amide bonds. The van der Waals surface area contributed by atoms with Crippen molar-refractivity contribution in [2.75, 3.05) is 0 Å². The van der Waals surface area contributed by atoms with E-state index in [0.29, 0.717) is 12.0 Å². The van der Waals surface area contributed by atoms with Crippen molar-refractivity contribution in [2.45, 2.75) is 24.9 Å². The molecule has 8 nitrogen and oxygen atoms in total. The standard InChI is InChI=1S/C10H15N5O3/c11-8(1-6-3-13-5-14-6)10(18)15-7(4-16)2-9(12)17/h3-5,7-8H,1-2,11H2,(H2,12,17)(H,13,14)(H,15,18)/t7-,8-/m0/s1. The molecule has 1 aromatic heterocycles. The normalized spacial score (nSPS) is 13.6. The van der Waals surface area contributed by atoms with E-state index in [2.05, 4.69) is 15.3 Å². The van der Waals surface area contributed by atoms with Gasteiger partial charge in [-0.05, 0) is 0 Å². The van der Waals surface area contributed by atoms with E-state index in [0.717, 1.165) is 0 Å². The van der Waals surface area contributed by atoms with Crippen molar-refractivity contribution in [3.8, 4) is 0 Å². The topological polar surface area (TPSA) is 144 Å². The average Bonchev–Trinajstić information content (AvgIpc) is 2.80. The second kappa shape index (κ2) is 6.50. The van der Waals surface area contributed by atoms with Crippen LogP contribution in [0.4, 0.5) is 0 Å². The Bertz CT molecular complexity index is 417. The Morgan fingerprint density at radius 3 is 2.78 bits per heavy atom. The van der Waals surface area contributed by atoms with Crippen LogP contribution in [0.2, 0.25) is 0 Å². The van der Waals surface area contributed by atoms with Crippen LogP contribution in [0, 0.1) is 0 Å². The van der Waals surface area contributed by atoms with Gasteiger partial charge in [-0.25, -0.2) is 4.98 Å². The maximum atomic E-state index is 11.6. The molecular weight excluding hydrogens is 238 g/mol. The van der Waals surface area contributed by atoms with Crippen LogP contribution in [-0.2, 0) is 20.8 Å². The van der Waals surface area contributed by atoms with E-state index in [9.17, 15) is 14.4 Å². The number of aromatic amines is 1. The maximum absolute atomic E-state index is 11.6. The van der Waals surface area contributed by atoms with Crippen molar-refractivity contribution in [3.05, 3.63) is 18.2 Å². The van der Waals surface area contributed by atoms with Crippen molar-refractivity contribution in [1.29, 1.82) is 0 Å². The Labute approximate surface area is 103 Å². The maximum Gasteiger partial charge on any atom is 0.237 e. The minimum Gasteiger partial charge on any atom is -0.370 e. The van der Waals surface area contributed by atoms with Crippen molar-refractivity contribution in [2.24, 2.45) is 11.5 Å². The van der Waals surface area contributed by atoms with Gasteiger partial charge < -0.3 is 26.6 Å². The van der Waals surface area contributed by atoms with Crippen LogP contribution in [0.3, 0.4) is 0 Å². The first kappa shape index (κ1) is 13.8. The van der Waals surface area contributed by atoms with Gasteiger partial charge in [-0.15, -0.1) is 0 Å². The molecular formula is C10H15N5O3. The molecule has 6 N–H and O–H groups in total. The van der Waals surface area contributed by atoms with Gasteiger partial charge in [-0.1, -0.05) is 0 Å². The third-order valence-corrected chi connectivity index (χ3v) is 2.24. The lowest BCUT2D eigenvalue weighted by Gasteiger charge is -2.15. The van der Waals surface area contributed by atoms with Gasteiger partial charge in [0, 0.05) is 18.3 Å². The summed E-state index contributed by atoms with van der Waals surface area (Å²) in [6.45, 7) is 0. The molecule has 0 radical (unpaired) electrons. The molecule has 0 aliphatic rings. The van der Waals surface area contributed by atoms with Crippen LogP contribution in [0.15, 0.2) is 12.5 Å². The van der Waals surface area contributed by atoms with Crippen LogP contribution in [0.1, 0.15) is 12.1 Å². The molecule has 2 atom stereocenters. The molecule has 18 heavy (non-hydrogen) atoms. The number of hydrogen-bond donors (Lipinski definition) is 4. The summed E-state index contributed by atoms with van der Waals surface area (Å²) in [6.07, 6.45) is 3.49. The lowest BCUT2D eigenvalue weighted by Crippen LogP contribution is -2.48. The number of nitrogens with two attached hydrogens (primary N) is 2. The van der Waals surface area contributed by atoms with E-state index in [1.807, 2.05) is 0 Å². The summed E-state index contributed by atoms with van der Waals surface area (Å²) in [5.41, 5.74) is 11.3. The fourth-order valence-corrected chi connectivity index (χ4v) is 1.37. The van der Waals surface area contributed by atoms with Gasteiger partial charge in [-0.3, -0.25) is 9.59 Å². The highest BCUT2D eigenvalue weighted by atomic mass is 16.2. The summed E-state index contributed by atoms with van der Waals surface area (Å²) < 4.78 is 0. The highest BCUT2D eigenvalue weighted by Gasteiger charge is 2.19. The predicted molar refractivity (Wildman–Crippen MR) is 62.1 cm³/mol. The van der Waals surface area contributed by atoms with Crippen LogP contribution in [0.25, 0.3) is 0 Å². The molecule has 0 unspecified atom stereocenters. The van der Waals surface area contributed by atoms with E-state index in [-0.39, 0.29) is 12.8 Å². The minimum atomic E-state index is -0.942. The zero-order valence-electron chi connectivity index (χ0n) is 9.63. The highest BCUT2D eigenvalue weighted by molar-refractivity contribution is 5.86. The molecule has 0 aliphatic carbocycles. The second-order valence-corrected chi connectivity index (χ2v) is 3.81. The summed E-state index contributed by atoms with van der Waals surface area (Å²) in [6, 6.07) is -1.77. The average molecular weight is 253 g/mol. The first-order valence-corrected chi connectivity index (χ1v) is 5.29. The molecule has 0 fully saturated rings. The van der Waals surface area contributed by atoms with E-state index < -0.39 is 23.9 Å². The smallest absolute Gasteiger partial charge is 0.237 e. The number of carbonyl (C=O) groups excluding carboxylic acids is 3. The van der Waals surface area contributed by atoms with E-state index in [4.69, 9.17) is 11.5 Å². The number of nitrogens with zero attached hydrogens (tertiary/aromatic N) is 1. The zero-order valence-corrected chi connectivity index (χ0v) is 9.63. The molecule has 0 saturated heterocycles. The molecule has 0 bridgehead atoms. The number of carbonyl (C=O) groups is 3. The van der Waals surface area contributed by atoms with Gasteiger partial charge in [0.15, 0.2) is 0 Å². The Balaban J connectivity index is 2.47. The first-order valence-electron chi connectivity index (χ1n) is 5.29. The SMILES string of the molecule is NC(=O)C[C@@H](C=O)NC(=O)[C@@H](N)Cc1cnc[nH]1. The number of aldehydes is 1. The molecule has 1 rings (SSSR count). The number of amides is 2. The van der Waals surface area contributed by atoms with Gasteiger partial charge >= 0.3 is 0 Å². The van der Waals surface area contributed by atoms with Crippen molar-refractivity contribution in [1.82, 2.24) is 15.3 Å². The van der Waals surface area contributed by atoms with Gasteiger partial charge in [0.1, 0.15) is 6.29 Å². The van der Waals surface area contributed by atoms with Crippen molar-refractivity contribution in [3.63, 3.8) is 0 Å². The summed E-state index contributed by atoms with van der Waals surface area (Å²) >= 11 is 0. The lowest BCUT2D eigenvalue weighted by atomic mass is 10.1. The number of nitrogens with one attached hydrogen (secondary N) is 2. The van der Waals surface area contributed by atoms with E-state index in [1.165, 1.54) is 6.33 Å². The first-order chi connectivity index (χ1) is 8.52. The minimum absolute atomic E-state index is 0.244. The largest absolute Gasteiger partial charge is 0.370 e. The number of H-pyrrole nitrogens is 1. The van der Waals surface area contributed by atoms with Gasteiger partial charge in [-0.2, -0.15) is 0 Å². The van der Waals surface area contributed by atoms with Gasteiger partial charge in [0.05, 0.1) is 24.8 Å². The molecule has 1 aromatic rings. The number of hydrogen-bond acceptors (Lipinski definition) is 5. The van der Waals surface area contributed by atoms with Crippen molar-refractivity contribution < 1.29 is 14.4 Å². The molecule has 0 aliphatic heterocycles. The molecule has 8 heteroatoms. The Morgan fingerprint density at radius 2 is 2.28 bits per heavy atom.